The quantitative estimate of drug-likeness (QED) is 0.766. The molecule has 0 aliphatic heterocycles. The first-order chi connectivity index (χ1) is 8.09. The van der Waals surface area contributed by atoms with Gasteiger partial charge in [0.05, 0.1) is 0 Å². The van der Waals surface area contributed by atoms with Gasteiger partial charge in [-0.2, -0.15) is 0 Å². The molecule has 0 amide bonds. The Balaban J connectivity index is 2.48. The van der Waals surface area contributed by atoms with Crippen LogP contribution in [0.5, 0.6) is 0 Å². The lowest BCUT2D eigenvalue weighted by Crippen LogP contribution is -2.39. The standard InChI is InChI=1S/C14H26N2S/c1-5-8-14(2,11-15-3)12-16(4)10-13-7-6-9-17-13/h6-7,9,15H,5,8,10-12H2,1-4H3. The maximum Gasteiger partial charge on any atom is 0.0325 e. The fourth-order valence-electron chi connectivity index (χ4n) is 2.63. The van der Waals surface area contributed by atoms with Gasteiger partial charge in [0.25, 0.3) is 0 Å². The molecule has 2 nitrogen and oxygen atoms in total. The van der Waals surface area contributed by atoms with Gasteiger partial charge in [-0.15, -0.1) is 11.3 Å². The van der Waals surface area contributed by atoms with E-state index in [2.05, 4.69) is 48.6 Å². The molecular weight excluding hydrogens is 228 g/mol. The Morgan fingerprint density at radius 2 is 2.24 bits per heavy atom. The summed E-state index contributed by atoms with van der Waals surface area (Å²) in [5, 5.41) is 5.49. The molecular formula is C14H26N2S. The van der Waals surface area contributed by atoms with Crippen LogP contribution in [0, 0.1) is 5.41 Å². The number of hydrogen-bond donors (Lipinski definition) is 1. The van der Waals surface area contributed by atoms with Gasteiger partial charge in [0, 0.05) is 24.5 Å². The van der Waals surface area contributed by atoms with E-state index in [0.29, 0.717) is 5.41 Å². The highest BCUT2D eigenvalue weighted by Crippen LogP contribution is 2.24. The third-order valence-corrected chi connectivity index (χ3v) is 3.98. The monoisotopic (exact) mass is 254 g/mol. The Kier molecular flexibility index (Phi) is 6.17. The molecule has 1 aromatic heterocycles. The minimum atomic E-state index is 0.384. The van der Waals surface area contributed by atoms with Crippen molar-refractivity contribution in [3.63, 3.8) is 0 Å². The Morgan fingerprint density at radius 1 is 1.47 bits per heavy atom. The lowest BCUT2D eigenvalue weighted by Gasteiger charge is -2.33. The summed E-state index contributed by atoms with van der Waals surface area (Å²) in [4.78, 5) is 3.90. The van der Waals surface area contributed by atoms with Gasteiger partial charge >= 0.3 is 0 Å². The molecule has 0 aliphatic rings. The topological polar surface area (TPSA) is 15.3 Å². The van der Waals surface area contributed by atoms with Crippen LogP contribution < -0.4 is 5.32 Å². The molecule has 0 aromatic carbocycles. The fraction of sp³-hybridized carbons (Fsp3) is 0.714. The van der Waals surface area contributed by atoms with Gasteiger partial charge in [-0.25, -0.2) is 0 Å². The molecule has 0 fully saturated rings. The van der Waals surface area contributed by atoms with Gasteiger partial charge in [0.15, 0.2) is 0 Å². The molecule has 1 rings (SSSR count). The molecule has 3 heteroatoms. The summed E-state index contributed by atoms with van der Waals surface area (Å²) in [5.41, 5.74) is 0.384. The number of hydrogen-bond acceptors (Lipinski definition) is 3. The van der Waals surface area contributed by atoms with E-state index in [1.807, 2.05) is 18.4 Å². The van der Waals surface area contributed by atoms with Crippen molar-refractivity contribution in [3.05, 3.63) is 22.4 Å². The van der Waals surface area contributed by atoms with E-state index in [9.17, 15) is 0 Å². The SMILES string of the molecule is CCCC(C)(CNC)CN(C)Cc1cccs1. The van der Waals surface area contributed by atoms with Crippen LogP contribution in [-0.4, -0.2) is 32.1 Å². The van der Waals surface area contributed by atoms with Crippen LogP contribution in [0.3, 0.4) is 0 Å². The molecule has 1 unspecified atom stereocenters. The van der Waals surface area contributed by atoms with Crippen molar-refractivity contribution in [2.45, 2.75) is 33.2 Å². The lowest BCUT2D eigenvalue weighted by molar-refractivity contribution is 0.172. The lowest BCUT2D eigenvalue weighted by atomic mass is 9.85. The zero-order valence-corrected chi connectivity index (χ0v) is 12.4. The number of rotatable bonds is 8. The van der Waals surface area contributed by atoms with Crippen molar-refractivity contribution >= 4 is 11.3 Å². The Labute approximate surface area is 110 Å². The van der Waals surface area contributed by atoms with Gasteiger partial charge in [-0.05, 0) is 37.4 Å². The second-order valence-corrected chi connectivity index (χ2v) is 6.37. The maximum atomic E-state index is 3.33. The van der Waals surface area contributed by atoms with Crippen molar-refractivity contribution in [1.29, 1.82) is 0 Å². The van der Waals surface area contributed by atoms with Crippen LogP contribution >= 0.6 is 11.3 Å². The molecule has 98 valence electrons. The molecule has 1 N–H and O–H groups in total. The van der Waals surface area contributed by atoms with Crippen LogP contribution in [0.1, 0.15) is 31.6 Å². The first kappa shape index (κ1) is 14.7. The maximum absolute atomic E-state index is 3.33. The zero-order chi connectivity index (χ0) is 12.7. The molecule has 0 bridgehead atoms. The molecule has 0 saturated carbocycles. The van der Waals surface area contributed by atoms with E-state index < -0.39 is 0 Å². The summed E-state index contributed by atoms with van der Waals surface area (Å²) in [5.74, 6) is 0. The number of nitrogens with zero attached hydrogens (tertiary/aromatic N) is 1. The Bertz CT molecular complexity index is 289. The van der Waals surface area contributed by atoms with Gasteiger partial charge < -0.3 is 10.2 Å². The van der Waals surface area contributed by atoms with Crippen molar-refractivity contribution < 1.29 is 0 Å². The third kappa shape index (κ3) is 5.19. The third-order valence-electron chi connectivity index (χ3n) is 3.11. The smallest absolute Gasteiger partial charge is 0.0325 e. The van der Waals surface area contributed by atoms with Crippen LogP contribution in [-0.2, 0) is 6.54 Å². The summed E-state index contributed by atoms with van der Waals surface area (Å²) in [6.07, 6.45) is 2.54. The second-order valence-electron chi connectivity index (χ2n) is 5.34. The van der Waals surface area contributed by atoms with Crippen LogP contribution in [0.4, 0.5) is 0 Å². The van der Waals surface area contributed by atoms with E-state index in [0.717, 1.165) is 19.6 Å². The average molecular weight is 254 g/mol. The Morgan fingerprint density at radius 3 is 2.76 bits per heavy atom. The van der Waals surface area contributed by atoms with Crippen LogP contribution in [0.2, 0.25) is 0 Å². The van der Waals surface area contributed by atoms with Crippen molar-refractivity contribution in [2.24, 2.45) is 5.41 Å². The molecule has 1 aromatic rings. The van der Waals surface area contributed by atoms with E-state index >= 15 is 0 Å². The first-order valence-corrected chi connectivity index (χ1v) is 7.33. The first-order valence-electron chi connectivity index (χ1n) is 6.45. The summed E-state index contributed by atoms with van der Waals surface area (Å²) >= 11 is 1.85. The predicted octanol–water partition coefficient (Wildman–Crippen LogP) is 3.21. The molecule has 0 aliphatic carbocycles. The van der Waals surface area contributed by atoms with Crippen molar-refractivity contribution in [1.82, 2.24) is 10.2 Å². The highest BCUT2D eigenvalue weighted by Gasteiger charge is 2.24. The van der Waals surface area contributed by atoms with Crippen molar-refractivity contribution in [3.8, 4) is 0 Å². The summed E-state index contributed by atoms with van der Waals surface area (Å²) in [6.45, 7) is 7.97. The van der Waals surface area contributed by atoms with Crippen molar-refractivity contribution in [2.75, 3.05) is 27.2 Å². The molecule has 1 heterocycles. The highest BCUT2D eigenvalue weighted by molar-refractivity contribution is 7.09. The van der Waals surface area contributed by atoms with Crippen LogP contribution in [0.15, 0.2) is 17.5 Å². The van der Waals surface area contributed by atoms with E-state index in [1.165, 1.54) is 17.7 Å². The molecule has 0 saturated heterocycles. The van der Waals surface area contributed by atoms with Gasteiger partial charge in [-0.1, -0.05) is 26.3 Å². The van der Waals surface area contributed by atoms with Gasteiger partial charge in [0.1, 0.15) is 0 Å². The molecule has 0 radical (unpaired) electrons. The van der Waals surface area contributed by atoms with Crippen LogP contribution in [0.25, 0.3) is 0 Å². The van der Waals surface area contributed by atoms with E-state index in [4.69, 9.17) is 0 Å². The summed E-state index contributed by atoms with van der Waals surface area (Å²) in [6, 6.07) is 4.35. The summed E-state index contributed by atoms with van der Waals surface area (Å²) in [7, 11) is 4.27. The largest absolute Gasteiger partial charge is 0.319 e. The molecule has 1 atom stereocenters. The number of nitrogens with one attached hydrogen (secondary N) is 1. The highest BCUT2D eigenvalue weighted by atomic mass is 32.1. The van der Waals surface area contributed by atoms with Gasteiger partial charge in [-0.3, -0.25) is 0 Å². The molecule has 0 spiro atoms. The molecule has 17 heavy (non-hydrogen) atoms. The average Bonchev–Trinajstić information content (AvgIpc) is 2.70. The van der Waals surface area contributed by atoms with E-state index in [-0.39, 0.29) is 0 Å². The minimum Gasteiger partial charge on any atom is -0.319 e. The van der Waals surface area contributed by atoms with Gasteiger partial charge in [0.2, 0.25) is 0 Å². The Hall–Kier alpha value is -0.380. The normalized spacial score (nSPS) is 15.1. The number of thiophene rings is 1. The second kappa shape index (κ2) is 7.14. The predicted molar refractivity (Wildman–Crippen MR) is 77.6 cm³/mol. The fourth-order valence-corrected chi connectivity index (χ4v) is 3.41. The van der Waals surface area contributed by atoms with E-state index in [1.54, 1.807) is 0 Å². The summed E-state index contributed by atoms with van der Waals surface area (Å²) < 4.78 is 0. The minimum absolute atomic E-state index is 0.384. The zero-order valence-electron chi connectivity index (χ0n) is 11.6.